The molecule has 0 aromatic rings. The average molecular weight is 360 g/mol. The Hall–Kier alpha value is -2.05. The largest absolute Gasteiger partial charge is 0.466 e. The van der Waals surface area contributed by atoms with Crippen LogP contribution in [0.5, 0.6) is 0 Å². The fourth-order valence-corrected chi connectivity index (χ4v) is 2.63. The molecule has 0 aromatic heterocycles. The molecule has 0 unspecified atom stereocenters. The summed E-state index contributed by atoms with van der Waals surface area (Å²) in [4.78, 5) is 36.3. The number of hydrogen-bond acceptors (Lipinski definition) is 9. The molecule has 2 amide bonds. The first kappa shape index (κ1) is 19.3. The van der Waals surface area contributed by atoms with Crippen molar-refractivity contribution >= 4 is 17.8 Å². The molecule has 6 N–H and O–H groups in total. The molecule has 0 radical (unpaired) electrons. The van der Waals surface area contributed by atoms with Gasteiger partial charge in [0.25, 0.3) is 17.5 Å². The van der Waals surface area contributed by atoms with Crippen molar-refractivity contribution in [1.29, 1.82) is 0 Å². The number of hydrogen-bond donors (Lipinski definition) is 6. The lowest BCUT2D eigenvalue weighted by Crippen LogP contribution is -2.82. The van der Waals surface area contributed by atoms with Crippen LogP contribution in [0.2, 0.25) is 0 Å². The summed E-state index contributed by atoms with van der Waals surface area (Å²) in [5, 5.41) is 44.2. The van der Waals surface area contributed by atoms with Gasteiger partial charge >= 0.3 is 5.97 Å². The molecule has 2 bridgehead atoms. The van der Waals surface area contributed by atoms with Crippen LogP contribution in [0, 0.1) is 0 Å². The fourth-order valence-electron chi connectivity index (χ4n) is 2.63. The number of aliphatic hydroxyl groups is 4. The molecule has 0 aliphatic carbocycles. The third-order valence-corrected chi connectivity index (χ3v) is 4.21. The second-order valence-corrected chi connectivity index (χ2v) is 6.06. The smallest absolute Gasteiger partial charge is 0.330 e. The number of nitrogens with one attached hydrogen (secondary N) is 2. The van der Waals surface area contributed by atoms with Crippen molar-refractivity contribution in [2.24, 2.45) is 0 Å². The molecule has 3 saturated heterocycles. The van der Waals surface area contributed by atoms with Gasteiger partial charge in [-0.2, -0.15) is 0 Å². The van der Waals surface area contributed by atoms with E-state index in [1.807, 2.05) is 10.6 Å². The molecule has 3 fully saturated rings. The van der Waals surface area contributed by atoms with E-state index in [1.165, 1.54) is 0 Å². The third kappa shape index (κ3) is 3.00. The molecule has 140 valence electrons. The predicted molar refractivity (Wildman–Crippen MR) is 78.4 cm³/mol. The zero-order valence-electron chi connectivity index (χ0n) is 13.6. The summed E-state index contributed by atoms with van der Waals surface area (Å²) in [5.41, 5.74) is -7.35. The molecule has 3 heterocycles. The first-order valence-electron chi connectivity index (χ1n) is 7.35. The zero-order chi connectivity index (χ0) is 19.0. The Kier molecular flexibility index (Phi) is 4.90. The zero-order valence-corrected chi connectivity index (χ0v) is 13.6. The Morgan fingerprint density at radius 3 is 2.64 bits per heavy atom. The van der Waals surface area contributed by atoms with Gasteiger partial charge in [0.15, 0.2) is 0 Å². The van der Waals surface area contributed by atoms with Crippen molar-refractivity contribution in [2.75, 3.05) is 20.3 Å². The Bertz CT molecular complexity index is 632. The molecule has 4 atom stereocenters. The standard InChI is InChI=1S/C14H20N2O9/c1-12(22,6-17)9(19)14-11(21)15-13(23,10(20)16-14)7(3-4-25-14)5-8(18)24-2/h5,9,17,19,22-23H,3-4,6H2,1-2H3,(H,15,21)(H,16,20)/b7-5+/t9-,12-,13+,14-/m0/s1. The lowest BCUT2D eigenvalue weighted by Gasteiger charge is -2.49. The summed E-state index contributed by atoms with van der Waals surface area (Å²) in [6.07, 6.45) is -1.36. The molecular weight excluding hydrogens is 340 g/mol. The normalized spacial score (nSPS) is 34.4. The van der Waals surface area contributed by atoms with Crippen LogP contribution >= 0.6 is 0 Å². The Labute approximate surface area is 142 Å². The molecule has 25 heavy (non-hydrogen) atoms. The van der Waals surface area contributed by atoms with Crippen LogP contribution in [-0.4, -0.2) is 81.7 Å². The van der Waals surface area contributed by atoms with Crippen LogP contribution in [0.1, 0.15) is 13.3 Å². The topological polar surface area (TPSA) is 175 Å². The Morgan fingerprint density at radius 2 is 2.08 bits per heavy atom. The van der Waals surface area contributed by atoms with Crippen LogP contribution in [0.4, 0.5) is 0 Å². The minimum absolute atomic E-state index is 0.158. The van der Waals surface area contributed by atoms with Crippen LogP contribution in [-0.2, 0) is 23.9 Å². The molecule has 0 saturated carbocycles. The number of carbonyl (C=O) groups is 3. The van der Waals surface area contributed by atoms with Crippen LogP contribution in [0.15, 0.2) is 11.6 Å². The van der Waals surface area contributed by atoms with Crippen LogP contribution in [0.25, 0.3) is 0 Å². The lowest BCUT2D eigenvalue weighted by atomic mass is 9.84. The summed E-state index contributed by atoms with van der Waals surface area (Å²) in [7, 11) is 1.10. The van der Waals surface area contributed by atoms with Gasteiger partial charge in [-0.05, 0) is 13.3 Å². The van der Waals surface area contributed by atoms with E-state index < -0.39 is 47.5 Å². The number of fused-ring (bicyclic) bond motifs is 5. The maximum absolute atomic E-state index is 12.5. The van der Waals surface area contributed by atoms with Gasteiger partial charge in [-0.25, -0.2) is 4.79 Å². The number of amides is 2. The molecular formula is C14H20N2O9. The monoisotopic (exact) mass is 360 g/mol. The summed E-state index contributed by atoms with van der Waals surface area (Å²) in [6.45, 7) is -0.186. The van der Waals surface area contributed by atoms with Crippen molar-refractivity contribution in [3.8, 4) is 0 Å². The highest BCUT2D eigenvalue weighted by Gasteiger charge is 2.63. The summed E-state index contributed by atoms with van der Waals surface area (Å²) < 4.78 is 9.75. The van der Waals surface area contributed by atoms with E-state index in [0.29, 0.717) is 0 Å². The number of ether oxygens (including phenoxy) is 2. The van der Waals surface area contributed by atoms with Gasteiger partial charge in [0, 0.05) is 11.6 Å². The number of carbonyl (C=O) groups excluding carboxylic acids is 3. The number of piperazine rings is 1. The van der Waals surface area contributed by atoms with Crippen molar-refractivity contribution in [1.82, 2.24) is 10.6 Å². The van der Waals surface area contributed by atoms with Crippen LogP contribution in [0.3, 0.4) is 0 Å². The summed E-state index contributed by atoms with van der Waals surface area (Å²) in [6, 6.07) is 0. The van der Waals surface area contributed by atoms with Gasteiger partial charge in [-0.1, -0.05) is 0 Å². The van der Waals surface area contributed by atoms with Crippen LogP contribution < -0.4 is 10.6 Å². The van der Waals surface area contributed by atoms with Crippen molar-refractivity contribution in [3.05, 3.63) is 11.6 Å². The number of esters is 1. The highest BCUT2D eigenvalue weighted by atomic mass is 16.5. The van der Waals surface area contributed by atoms with Gasteiger partial charge in [0.05, 0.1) is 20.3 Å². The first-order chi connectivity index (χ1) is 11.5. The maximum Gasteiger partial charge on any atom is 0.330 e. The van der Waals surface area contributed by atoms with Gasteiger partial charge in [0.1, 0.15) is 11.7 Å². The number of aliphatic hydroxyl groups excluding tert-OH is 2. The molecule has 3 aliphatic heterocycles. The van der Waals surface area contributed by atoms with E-state index in [9.17, 15) is 34.8 Å². The fraction of sp³-hybridized carbons (Fsp3) is 0.643. The quantitative estimate of drug-likeness (QED) is 0.217. The lowest BCUT2D eigenvalue weighted by molar-refractivity contribution is -0.230. The molecule has 0 aromatic carbocycles. The van der Waals surface area contributed by atoms with E-state index in [4.69, 9.17) is 4.74 Å². The van der Waals surface area contributed by atoms with E-state index in [1.54, 1.807) is 0 Å². The highest BCUT2D eigenvalue weighted by Crippen LogP contribution is 2.33. The highest BCUT2D eigenvalue weighted by molar-refractivity contribution is 6.03. The number of methoxy groups -OCH3 is 1. The molecule has 3 aliphatic rings. The molecule has 11 nitrogen and oxygen atoms in total. The SMILES string of the molecule is COC(=O)/C=C1\CCO[C@]2([C@@H](O)[C@@](C)(O)CO)NC(=O)[C@@]1(O)NC2=O. The van der Waals surface area contributed by atoms with Gasteiger partial charge < -0.3 is 40.5 Å². The van der Waals surface area contributed by atoms with Crippen molar-refractivity contribution < 1.29 is 44.3 Å². The van der Waals surface area contributed by atoms with E-state index >= 15 is 0 Å². The second kappa shape index (κ2) is 6.35. The Morgan fingerprint density at radius 1 is 1.44 bits per heavy atom. The summed E-state index contributed by atoms with van der Waals surface area (Å²) >= 11 is 0. The second-order valence-electron chi connectivity index (χ2n) is 6.06. The van der Waals surface area contributed by atoms with Crippen molar-refractivity contribution in [2.45, 2.75) is 36.5 Å². The third-order valence-electron chi connectivity index (χ3n) is 4.21. The van der Waals surface area contributed by atoms with Gasteiger partial charge in [-0.15, -0.1) is 0 Å². The van der Waals surface area contributed by atoms with Gasteiger partial charge in [0.2, 0.25) is 5.72 Å². The molecule has 0 spiro atoms. The van der Waals surface area contributed by atoms with Crippen molar-refractivity contribution in [3.63, 3.8) is 0 Å². The number of rotatable bonds is 4. The maximum atomic E-state index is 12.5. The predicted octanol–water partition coefficient (Wildman–Crippen LogP) is -3.76. The van der Waals surface area contributed by atoms with Gasteiger partial charge in [-0.3, -0.25) is 9.59 Å². The molecule has 3 rings (SSSR count). The molecule has 11 heteroatoms. The van der Waals surface area contributed by atoms with E-state index in [2.05, 4.69) is 4.74 Å². The minimum atomic E-state index is -2.55. The average Bonchev–Trinajstić information content (AvgIpc) is 2.56. The minimum Gasteiger partial charge on any atom is -0.466 e. The summed E-state index contributed by atoms with van der Waals surface area (Å²) in [5.74, 6) is -3.20. The van der Waals surface area contributed by atoms with E-state index in [-0.39, 0.29) is 18.6 Å². The van der Waals surface area contributed by atoms with E-state index in [0.717, 1.165) is 20.1 Å². The first-order valence-corrected chi connectivity index (χ1v) is 7.35. The Balaban J connectivity index is 2.47.